The Kier molecular flexibility index (Phi) is 5.16. The summed E-state index contributed by atoms with van der Waals surface area (Å²) in [6.07, 6.45) is 3.67. The third-order valence-corrected chi connectivity index (χ3v) is 4.59. The largest absolute Gasteiger partial charge is 0.378 e. The van der Waals surface area contributed by atoms with Gasteiger partial charge in [0, 0.05) is 42.4 Å². The van der Waals surface area contributed by atoms with Crippen LogP contribution in [0.1, 0.15) is 15.9 Å². The lowest BCUT2D eigenvalue weighted by molar-refractivity contribution is 0.102. The Morgan fingerprint density at radius 1 is 1.07 bits per heavy atom. The number of rotatable bonds is 5. The second-order valence-electron chi connectivity index (χ2n) is 6.50. The summed E-state index contributed by atoms with van der Waals surface area (Å²) in [4.78, 5) is 14.8. The summed E-state index contributed by atoms with van der Waals surface area (Å²) in [6.45, 7) is 3.93. The van der Waals surface area contributed by atoms with Crippen LogP contribution in [0.3, 0.4) is 0 Å². The number of aromatic nitrogens is 2. The summed E-state index contributed by atoms with van der Waals surface area (Å²) in [6, 6.07) is 17.5. The minimum atomic E-state index is -0.111. The van der Waals surface area contributed by atoms with Crippen molar-refractivity contribution >= 4 is 17.3 Å². The molecule has 27 heavy (non-hydrogen) atoms. The number of amides is 1. The average Bonchev–Trinajstić information content (AvgIpc) is 3.22. The van der Waals surface area contributed by atoms with E-state index in [4.69, 9.17) is 4.74 Å². The number of carbonyl (C=O) groups excluding carboxylic acids is 1. The zero-order valence-electron chi connectivity index (χ0n) is 15.0. The molecule has 0 aliphatic carbocycles. The number of hydrogen-bond acceptors (Lipinski definition) is 4. The van der Waals surface area contributed by atoms with Crippen molar-refractivity contribution in [3.8, 4) is 0 Å². The highest BCUT2D eigenvalue weighted by Gasteiger charge is 2.12. The van der Waals surface area contributed by atoms with Gasteiger partial charge in [0.1, 0.15) is 0 Å². The van der Waals surface area contributed by atoms with E-state index in [1.807, 2.05) is 65.5 Å². The van der Waals surface area contributed by atoms with E-state index in [-0.39, 0.29) is 5.91 Å². The van der Waals surface area contributed by atoms with Gasteiger partial charge in [-0.15, -0.1) is 0 Å². The predicted octanol–water partition coefficient (Wildman–Crippen LogP) is 3.02. The number of carbonyl (C=O) groups is 1. The van der Waals surface area contributed by atoms with Crippen LogP contribution in [0.5, 0.6) is 0 Å². The van der Waals surface area contributed by atoms with Crippen molar-refractivity contribution in [2.75, 3.05) is 36.5 Å². The van der Waals surface area contributed by atoms with Gasteiger partial charge >= 0.3 is 0 Å². The van der Waals surface area contributed by atoms with Crippen molar-refractivity contribution < 1.29 is 9.53 Å². The van der Waals surface area contributed by atoms with Crippen LogP contribution in [0.2, 0.25) is 0 Å². The maximum atomic E-state index is 12.6. The van der Waals surface area contributed by atoms with Crippen molar-refractivity contribution in [1.29, 1.82) is 0 Å². The SMILES string of the molecule is O=C(Nc1cccc(Cn2cccn2)c1)c1ccc(N2CCOCC2)cc1. The number of ether oxygens (including phenoxy) is 1. The minimum absolute atomic E-state index is 0.111. The highest BCUT2D eigenvalue weighted by molar-refractivity contribution is 6.04. The molecule has 0 unspecified atom stereocenters. The molecule has 0 bridgehead atoms. The van der Waals surface area contributed by atoms with Crippen LogP contribution in [0.15, 0.2) is 67.0 Å². The number of hydrogen-bond donors (Lipinski definition) is 1. The first-order valence-corrected chi connectivity index (χ1v) is 9.08. The highest BCUT2D eigenvalue weighted by Crippen LogP contribution is 2.18. The summed E-state index contributed by atoms with van der Waals surface area (Å²) in [5.74, 6) is -0.111. The van der Waals surface area contributed by atoms with E-state index >= 15 is 0 Å². The zero-order chi connectivity index (χ0) is 18.5. The third-order valence-electron chi connectivity index (χ3n) is 4.59. The van der Waals surface area contributed by atoms with Crippen LogP contribution in [-0.2, 0) is 11.3 Å². The second kappa shape index (κ2) is 8.05. The molecule has 1 aromatic heterocycles. The first-order chi connectivity index (χ1) is 13.3. The Hall–Kier alpha value is -3.12. The molecule has 1 aliphatic heterocycles. The first-order valence-electron chi connectivity index (χ1n) is 9.08. The lowest BCUT2D eigenvalue weighted by atomic mass is 10.1. The molecule has 2 heterocycles. The van der Waals surface area contributed by atoms with Gasteiger partial charge < -0.3 is 15.0 Å². The first kappa shape index (κ1) is 17.3. The minimum Gasteiger partial charge on any atom is -0.378 e. The van der Waals surface area contributed by atoms with E-state index in [9.17, 15) is 4.79 Å². The van der Waals surface area contributed by atoms with E-state index < -0.39 is 0 Å². The molecule has 6 heteroatoms. The summed E-state index contributed by atoms with van der Waals surface area (Å²) >= 11 is 0. The molecule has 0 atom stereocenters. The topological polar surface area (TPSA) is 59.4 Å². The molecular weight excluding hydrogens is 340 g/mol. The van der Waals surface area contributed by atoms with Crippen LogP contribution in [0.25, 0.3) is 0 Å². The van der Waals surface area contributed by atoms with E-state index in [0.717, 1.165) is 43.2 Å². The number of nitrogens with one attached hydrogen (secondary N) is 1. The predicted molar refractivity (Wildman–Crippen MR) is 105 cm³/mol. The van der Waals surface area contributed by atoms with Crippen LogP contribution in [0, 0.1) is 0 Å². The summed E-state index contributed by atoms with van der Waals surface area (Å²) in [5, 5.41) is 7.19. The number of benzene rings is 2. The Balaban J connectivity index is 1.41. The van der Waals surface area contributed by atoms with Gasteiger partial charge in [-0.3, -0.25) is 9.48 Å². The number of nitrogens with zero attached hydrogens (tertiary/aromatic N) is 3. The Morgan fingerprint density at radius 3 is 2.63 bits per heavy atom. The van der Waals surface area contributed by atoms with Gasteiger partial charge in [-0.2, -0.15) is 5.10 Å². The fourth-order valence-electron chi connectivity index (χ4n) is 3.18. The fraction of sp³-hybridized carbons (Fsp3) is 0.238. The molecule has 2 aromatic carbocycles. The van der Waals surface area contributed by atoms with Gasteiger partial charge in [-0.05, 0) is 48.0 Å². The fourth-order valence-corrected chi connectivity index (χ4v) is 3.18. The Labute approximate surface area is 158 Å². The summed E-state index contributed by atoms with van der Waals surface area (Å²) in [5.41, 5.74) is 3.63. The molecule has 1 saturated heterocycles. The number of morpholine rings is 1. The van der Waals surface area contributed by atoms with Crippen molar-refractivity contribution in [3.05, 3.63) is 78.1 Å². The maximum absolute atomic E-state index is 12.6. The maximum Gasteiger partial charge on any atom is 0.255 e. The van der Waals surface area contributed by atoms with Gasteiger partial charge in [0.15, 0.2) is 0 Å². The average molecular weight is 362 g/mol. The van der Waals surface area contributed by atoms with Crippen LogP contribution in [0.4, 0.5) is 11.4 Å². The molecule has 1 aliphatic rings. The second-order valence-corrected chi connectivity index (χ2v) is 6.50. The monoisotopic (exact) mass is 362 g/mol. The lowest BCUT2D eigenvalue weighted by Gasteiger charge is -2.28. The quantitative estimate of drug-likeness (QED) is 0.758. The molecule has 1 N–H and O–H groups in total. The Bertz CT molecular complexity index is 885. The van der Waals surface area contributed by atoms with E-state index in [0.29, 0.717) is 12.1 Å². The summed E-state index contributed by atoms with van der Waals surface area (Å²) < 4.78 is 7.23. The molecule has 138 valence electrons. The summed E-state index contributed by atoms with van der Waals surface area (Å²) in [7, 11) is 0. The molecule has 0 spiro atoms. The number of anilines is 2. The van der Waals surface area contributed by atoms with Crippen LogP contribution in [-0.4, -0.2) is 42.0 Å². The van der Waals surface area contributed by atoms with Crippen LogP contribution >= 0.6 is 0 Å². The molecule has 0 saturated carbocycles. The van der Waals surface area contributed by atoms with Crippen LogP contribution < -0.4 is 10.2 Å². The van der Waals surface area contributed by atoms with Crippen molar-refractivity contribution in [3.63, 3.8) is 0 Å². The van der Waals surface area contributed by atoms with Gasteiger partial charge in [-0.25, -0.2) is 0 Å². The van der Waals surface area contributed by atoms with E-state index in [1.165, 1.54) is 0 Å². The molecule has 3 aromatic rings. The molecular formula is C21H22N4O2. The Morgan fingerprint density at radius 2 is 1.89 bits per heavy atom. The van der Waals surface area contributed by atoms with Crippen molar-refractivity contribution in [2.24, 2.45) is 0 Å². The van der Waals surface area contributed by atoms with E-state index in [2.05, 4.69) is 15.3 Å². The van der Waals surface area contributed by atoms with Crippen molar-refractivity contribution in [1.82, 2.24) is 9.78 Å². The molecule has 6 nitrogen and oxygen atoms in total. The zero-order valence-corrected chi connectivity index (χ0v) is 15.0. The normalized spacial score (nSPS) is 14.1. The standard InChI is InChI=1S/C21H22N4O2/c26-21(18-5-7-20(8-6-18)24-11-13-27-14-12-24)23-19-4-1-3-17(15-19)16-25-10-2-9-22-25/h1-10,15H,11-14,16H2,(H,23,26). The van der Waals surface area contributed by atoms with Gasteiger partial charge in [0.2, 0.25) is 0 Å². The van der Waals surface area contributed by atoms with Gasteiger partial charge in [0.05, 0.1) is 19.8 Å². The third kappa shape index (κ3) is 4.35. The van der Waals surface area contributed by atoms with Gasteiger partial charge in [-0.1, -0.05) is 12.1 Å². The molecule has 4 rings (SSSR count). The van der Waals surface area contributed by atoms with Crippen molar-refractivity contribution in [2.45, 2.75) is 6.54 Å². The van der Waals surface area contributed by atoms with E-state index in [1.54, 1.807) is 6.20 Å². The lowest BCUT2D eigenvalue weighted by Crippen LogP contribution is -2.36. The molecule has 1 amide bonds. The molecule has 0 radical (unpaired) electrons. The molecule has 1 fully saturated rings. The smallest absolute Gasteiger partial charge is 0.255 e. The highest BCUT2D eigenvalue weighted by atomic mass is 16.5. The van der Waals surface area contributed by atoms with Gasteiger partial charge in [0.25, 0.3) is 5.91 Å².